The zero-order chi connectivity index (χ0) is 21.7. The van der Waals surface area contributed by atoms with Crippen molar-refractivity contribution in [2.24, 2.45) is 0 Å². The second-order valence-electron chi connectivity index (χ2n) is 8.88. The molecule has 1 N–H and O–H groups in total. The summed E-state index contributed by atoms with van der Waals surface area (Å²) in [6.07, 6.45) is -0.530. The summed E-state index contributed by atoms with van der Waals surface area (Å²) < 4.78 is 11.3. The Morgan fingerprint density at radius 1 is 1.20 bits per heavy atom. The summed E-state index contributed by atoms with van der Waals surface area (Å²) in [6, 6.07) is 8.12. The number of urea groups is 1. The van der Waals surface area contributed by atoms with Gasteiger partial charge in [0.1, 0.15) is 18.5 Å². The van der Waals surface area contributed by atoms with E-state index in [1.165, 1.54) is 5.56 Å². The minimum Gasteiger partial charge on any atom is -0.491 e. The topological polar surface area (TPSA) is 68.7 Å². The predicted octanol–water partition coefficient (Wildman–Crippen LogP) is 0.946. The number of hydrogen-bond acceptors (Lipinski definition) is 6. The van der Waals surface area contributed by atoms with Crippen LogP contribution in [0.1, 0.15) is 12.5 Å². The SMILES string of the molecule is COC1(C)CN(CC(O)COc2cccc(CN3CCN(C(=O)N(C)C)CC3)c2)C1. The number of β-amino-alcohol motifs (C(OH)–C–C–N with tert-alkyl or cyclic N) is 1. The van der Waals surface area contributed by atoms with Gasteiger partial charge in [0.25, 0.3) is 0 Å². The van der Waals surface area contributed by atoms with Crippen LogP contribution < -0.4 is 4.74 Å². The van der Waals surface area contributed by atoms with Gasteiger partial charge in [-0.3, -0.25) is 9.80 Å². The Balaban J connectivity index is 1.40. The largest absolute Gasteiger partial charge is 0.491 e. The smallest absolute Gasteiger partial charge is 0.319 e. The number of piperazine rings is 1. The molecule has 0 saturated carbocycles. The lowest BCUT2D eigenvalue weighted by Gasteiger charge is -2.47. The van der Waals surface area contributed by atoms with Gasteiger partial charge < -0.3 is 24.4 Å². The number of aliphatic hydroxyl groups excluding tert-OH is 1. The number of ether oxygens (including phenoxy) is 2. The van der Waals surface area contributed by atoms with E-state index < -0.39 is 6.10 Å². The Morgan fingerprint density at radius 2 is 1.90 bits per heavy atom. The molecule has 1 aromatic rings. The van der Waals surface area contributed by atoms with Gasteiger partial charge in [0.15, 0.2) is 0 Å². The van der Waals surface area contributed by atoms with E-state index in [0.29, 0.717) is 6.54 Å². The molecular weight excluding hydrogens is 384 g/mol. The van der Waals surface area contributed by atoms with Crippen molar-refractivity contribution in [3.05, 3.63) is 29.8 Å². The van der Waals surface area contributed by atoms with E-state index in [2.05, 4.69) is 22.8 Å². The average molecular weight is 421 g/mol. The van der Waals surface area contributed by atoms with Gasteiger partial charge >= 0.3 is 6.03 Å². The first kappa shape index (κ1) is 22.8. The van der Waals surface area contributed by atoms with Crippen molar-refractivity contribution in [3.63, 3.8) is 0 Å². The van der Waals surface area contributed by atoms with E-state index in [4.69, 9.17) is 9.47 Å². The Kier molecular flexibility index (Phi) is 7.57. The fourth-order valence-corrected chi connectivity index (χ4v) is 4.07. The Labute approximate surface area is 179 Å². The van der Waals surface area contributed by atoms with Gasteiger partial charge in [-0.2, -0.15) is 0 Å². The molecule has 0 spiro atoms. The molecule has 2 heterocycles. The highest BCUT2D eigenvalue weighted by Crippen LogP contribution is 2.23. The molecule has 1 aromatic carbocycles. The number of benzene rings is 1. The first-order chi connectivity index (χ1) is 14.3. The lowest BCUT2D eigenvalue weighted by Crippen LogP contribution is -2.62. The maximum atomic E-state index is 12.1. The molecule has 1 atom stereocenters. The molecule has 8 nitrogen and oxygen atoms in total. The van der Waals surface area contributed by atoms with Crippen LogP contribution in [-0.4, -0.2) is 116 Å². The summed E-state index contributed by atoms with van der Waals surface area (Å²) in [5, 5.41) is 10.3. The fraction of sp³-hybridized carbons (Fsp3) is 0.682. The molecule has 3 rings (SSSR count). The number of amides is 2. The van der Waals surface area contributed by atoms with Crippen LogP contribution in [0, 0.1) is 0 Å². The van der Waals surface area contributed by atoms with Crippen molar-refractivity contribution in [3.8, 4) is 5.75 Å². The third-order valence-electron chi connectivity index (χ3n) is 5.85. The maximum absolute atomic E-state index is 12.1. The van der Waals surface area contributed by atoms with Crippen LogP contribution in [0.25, 0.3) is 0 Å². The molecule has 2 amide bonds. The highest BCUT2D eigenvalue weighted by atomic mass is 16.5. The molecular formula is C22H36N4O4. The lowest BCUT2D eigenvalue weighted by atomic mass is 9.96. The Hall–Kier alpha value is -1.87. The number of nitrogens with zero attached hydrogens (tertiary/aromatic N) is 4. The molecule has 168 valence electrons. The van der Waals surface area contributed by atoms with Crippen molar-refractivity contribution >= 4 is 6.03 Å². The molecule has 0 aliphatic carbocycles. The maximum Gasteiger partial charge on any atom is 0.319 e. The highest BCUT2D eigenvalue weighted by Gasteiger charge is 2.39. The molecule has 0 radical (unpaired) electrons. The van der Waals surface area contributed by atoms with Crippen LogP contribution >= 0.6 is 0 Å². The number of hydrogen-bond donors (Lipinski definition) is 1. The highest BCUT2D eigenvalue weighted by molar-refractivity contribution is 5.73. The quantitative estimate of drug-likeness (QED) is 0.675. The van der Waals surface area contributed by atoms with Crippen molar-refractivity contribution in [1.29, 1.82) is 0 Å². The summed E-state index contributed by atoms with van der Waals surface area (Å²) in [5.41, 5.74) is 1.09. The van der Waals surface area contributed by atoms with E-state index in [0.717, 1.165) is 51.6 Å². The van der Waals surface area contributed by atoms with Crippen molar-refractivity contribution in [2.75, 3.05) is 73.6 Å². The van der Waals surface area contributed by atoms with Crippen LogP contribution in [0.15, 0.2) is 24.3 Å². The van der Waals surface area contributed by atoms with Gasteiger partial charge in [0, 0.05) is 73.6 Å². The molecule has 0 bridgehead atoms. The van der Waals surface area contributed by atoms with Gasteiger partial charge in [-0.15, -0.1) is 0 Å². The van der Waals surface area contributed by atoms with Gasteiger partial charge in [-0.25, -0.2) is 4.79 Å². The summed E-state index contributed by atoms with van der Waals surface area (Å²) in [6.45, 7) is 8.66. The number of rotatable bonds is 8. The number of carbonyl (C=O) groups is 1. The summed E-state index contributed by atoms with van der Waals surface area (Å²) in [5.74, 6) is 0.776. The Morgan fingerprint density at radius 3 is 2.53 bits per heavy atom. The standard InChI is InChI=1S/C22H36N4O4/c1-22(29-4)16-25(17-22)14-19(27)15-30-20-7-5-6-18(12-20)13-24-8-10-26(11-9-24)21(28)23(2)3/h5-7,12,19,27H,8-11,13-17H2,1-4H3. The number of carbonyl (C=O) groups excluding carboxylic acids is 1. The minimum absolute atomic E-state index is 0.0775. The van der Waals surface area contributed by atoms with Crippen LogP contribution in [0.3, 0.4) is 0 Å². The van der Waals surface area contributed by atoms with Crippen molar-refractivity contribution < 1.29 is 19.4 Å². The minimum atomic E-state index is -0.530. The predicted molar refractivity (Wildman–Crippen MR) is 116 cm³/mol. The van der Waals surface area contributed by atoms with E-state index in [-0.39, 0.29) is 18.2 Å². The number of aliphatic hydroxyl groups is 1. The molecule has 2 fully saturated rings. The van der Waals surface area contributed by atoms with Gasteiger partial charge in [-0.1, -0.05) is 12.1 Å². The van der Waals surface area contributed by atoms with E-state index >= 15 is 0 Å². The van der Waals surface area contributed by atoms with Gasteiger partial charge in [0.05, 0.1) is 5.60 Å². The molecule has 30 heavy (non-hydrogen) atoms. The van der Waals surface area contributed by atoms with Crippen molar-refractivity contribution in [1.82, 2.24) is 19.6 Å². The van der Waals surface area contributed by atoms with E-state index in [9.17, 15) is 9.90 Å². The second-order valence-corrected chi connectivity index (χ2v) is 8.88. The van der Waals surface area contributed by atoms with E-state index in [1.807, 2.05) is 23.1 Å². The van der Waals surface area contributed by atoms with Crippen molar-refractivity contribution in [2.45, 2.75) is 25.2 Å². The molecule has 2 saturated heterocycles. The fourth-order valence-electron chi connectivity index (χ4n) is 4.07. The summed E-state index contributed by atoms with van der Waals surface area (Å²) in [7, 11) is 5.31. The second kappa shape index (κ2) is 9.96. The van der Waals surface area contributed by atoms with Gasteiger partial charge in [-0.05, 0) is 24.6 Å². The normalized spacial score (nSPS) is 20.5. The van der Waals surface area contributed by atoms with Gasteiger partial charge in [0.2, 0.25) is 0 Å². The van der Waals surface area contributed by atoms with Crippen LogP contribution in [0.5, 0.6) is 5.75 Å². The monoisotopic (exact) mass is 420 g/mol. The first-order valence-electron chi connectivity index (χ1n) is 10.6. The third kappa shape index (κ3) is 6.07. The van der Waals surface area contributed by atoms with Crippen LogP contribution in [0.2, 0.25) is 0 Å². The molecule has 0 aromatic heterocycles. The molecule has 2 aliphatic rings. The average Bonchev–Trinajstić information content (AvgIpc) is 2.71. The number of methoxy groups -OCH3 is 1. The number of likely N-dealkylation sites (tertiary alicyclic amines) is 1. The van der Waals surface area contributed by atoms with Crippen LogP contribution in [-0.2, 0) is 11.3 Å². The third-order valence-corrected chi connectivity index (χ3v) is 5.85. The van der Waals surface area contributed by atoms with E-state index in [1.54, 1.807) is 26.1 Å². The summed E-state index contributed by atoms with van der Waals surface area (Å²) in [4.78, 5) is 20.1. The lowest BCUT2D eigenvalue weighted by molar-refractivity contribution is -0.121. The molecule has 1 unspecified atom stereocenters. The zero-order valence-corrected chi connectivity index (χ0v) is 18.7. The van der Waals surface area contributed by atoms with Crippen LogP contribution in [0.4, 0.5) is 4.79 Å². The Bertz CT molecular complexity index is 700. The molecule has 2 aliphatic heterocycles. The molecule has 8 heteroatoms. The first-order valence-corrected chi connectivity index (χ1v) is 10.6. The summed E-state index contributed by atoms with van der Waals surface area (Å²) >= 11 is 0. The zero-order valence-electron chi connectivity index (χ0n) is 18.7.